The molecule has 0 N–H and O–H groups in total. The Balaban J connectivity index is 1.60. The third kappa shape index (κ3) is 4.50. The van der Waals surface area contributed by atoms with E-state index < -0.39 is 32.9 Å². The van der Waals surface area contributed by atoms with E-state index in [1.54, 1.807) is 24.4 Å². The lowest BCUT2D eigenvalue weighted by Gasteiger charge is -2.29. The van der Waals surface area contributed by atoms with Crippen LogP contribution in [0.25, 0.3) is 16.8 Å². The van der Waals surface area contributed by atoms with Crippen molar-refractivity contribution >= 4 is 9.84 Å². The van der Waals surface area contributed by atoms with Crippen LogP contribution < -0.4 is 0 Å². The second-order valence-corrected chi connectivity index (χ2v) is 11.6. The molecule has 5 rings (SSSR count). The average molecular weight is 536 g/mol. The van der Waals surface area contributed by atoms with Crippen LogP contribution in [0.4, 0.5) is 13.2 Å². The maximum absolute atomic E-state index is 13.6. The average Bonchev–Trinajstić information content (AvgIpc) is 3.56. The minimum absolute atomic E-state index is 0.0501. The fourth-order valence-electron chi connectivity index (χ4n) is 5.50. The molecule has 2 unspecified atom stereocenters. The number of aromatic nitrogens is 2. The summed E-state index contributed by atoms with van der Waals surface area (Å²) in [6.07, 6.45) is 1.26. The number of nitriles is 1. The molecule has 194 valence electrons. The van der Waals surface area contributed by atoms with E-state index in [2.05, 4.69) is 11.1 Å². The molecule has 0 spiro atoms. The van der Waals surface area contributed by atoms with Gasteiger partial charge in [0, 0.05) is 23.9 Å². The molecule has 4 aromatic rings. The molecule has 9 heteroatoms. The van der Waals surface area contributed by atoms with Crippen molar-refractivity contribution < 1.29 is 21.6 Å². The number of benzene rings is 3. The van der Waals surface area contributed by atoms with Gasteiger partial charge in [-0.15, -0.1) is 0 Å². The van der Waals surface area contributed by atoms with Crippen LogP contribution in [0.3, 0.4) is 0 Å². The summed E-state index contributed by atoms with van der Waals surface area (Å²) in [4.78, 5) is 4.56. The van der Waals surface area contributed by atoms with Gasteiger partial charge in [0.2, 0.25) is 0 Å². The van der Waals surface area contributed by atoms with Crippen molar-refractivity contribution in [2.24, 2.45) is 0 Å². The lowest BCUT2D eigenvalue weighted by molar-refractivity contribution is -0.137. The van der Waals surface area contributed by atoms with Gasteiger partial charge in [-0.05, 0) is 42.2 Å². The highest BCUT2D eigenvalue weighted by Gasteiger charge is 2.47. The molecule has 1 fully saturated rings. The van der Waals surface area contributed by atoms with Crippen LogP contribution in [0, 0.1) is 11.3 Å². The standard InChI is InChI=1S/C29H24F3N3O2S/c1-38(36,37)27-16-21(13-14-22(27)20-8-3-2-4-9-20)28(18-33)15-7-11-23(28)25-17-35(19-34-25)26-12-6-5-10-24(26)29(30,31)32/h2-6,8-10,12-14,16-17,19,23H,7,11,15H2,1H3. The summed E-state index contributed by atoms with van der Waals surface area (Å²) in [6, 6.07) is 21.9. The van der Waals surface area contributed by atoms with E-state index in [0.29, 0.717) is 36.1 Å². The van der Waals surface area contributed by atoms with Gasteiger partial charge in [-0.25, -0.2) is 13.4 Å². The molecular formula is C29H24F3N3O2S. The first kappa shape index (κ1) is 25.7. The van der Waals surface area contributed by atoms with Crippen molar-refractivity contribution in [2.75, 3.05) is 6.26 Å². The first-order valence-electron chi connectivity index (χ1n) is 12.1. The molecule has 0 amide bonds. The molecule has 1 aromatic heterocycles. The SMILES string of the molecule is CS(=O)(=O)c1cc(C2(C#N)CCCC2c2cn(-c3ccccc3C(F)(F)F)cn2)ccc1-c1ccccc1. The topological polar surface area (TPSA) is 75.8 Å². The van der Waals surface area contributed by atoms with Gasteiger partial charge in [0.15, 0.2) is 9.84 Å². The number of imidazole rings is 1. The van der Waals surface area contributed by atoms with Crippen LogP contribution in [0.2, 0.25) is 0 Å². The Hall–Kier alpha value is -3.90. The summed E-state index contributed by atoms with van der Waals surface area (Å²) < 4.78 is 67.8. The van der Waals surface area contributed by atoms with E-state index in [-0.39, 0.29) is 10.6 Å². The molecule has 1 heterocycles. The molecule has 0 bridgehead atoms. The maximum Gasteiger partial charge on any atom is 0.418 e. The lowest BCUT2D eigenvalue weighted by atomic mass is 9.72. The zero-order chi connectivity index (χ0) is 27.1. The first-order valence-corrected chi connectivity index (χ1v) is 14.0. The van der Waals surface area contributed by atoms with E-state index in [1.165, 1.54) is 29.1 Å². The van der Waals surface area contributed by atoms with Crippen molar-refractivity contribution in [3.63, 3.8) is 0 Å². The Bertz CT molecular complexity index is 1640. The Kier molecular flexibility index (Phi) is 6.40. The Morgan fingerprint density at radius 2 is 1.76 bits per heavy atom. The zero-order valence-electron chi connectivity index (χ0n) is 20.5. The minimum Gasteiger partial charge on any atom is -0.305 e. The van der Waals surface area contributed by atoms with Crippen LogP contribution in [0.1, 0.15) is 42.0 Å². The van der Waals surface area contributed by atoms with Gasteiger partial charge in [-0.1, -0.05) is 61.0 Å². The molecule has 0 saturated heterocycles. The Labute approximate surface area is 219 Å². The predicted octanol–water partition coefficient (Wildman–Crippen LogP) is 6.69. The van der Waals surface area contributed by atoms with Crippen molar-refractivity contribution in [3.05, 3.63) is 102 Å². The predicted molar refractivity (Wildman–Crippen MR) is 137 cm³/mol. The fourth-order valence-corrected chi connectivity index (χ4v) is 6.43. The van der Waals surface area contributed by atoms with E-state index in [9.17, 15) is 26.9 Å². The van der Waals surface area contributed by atoms with Gasteiger partial charge in [0.1, 0.15) is 0 Å². The molecular weight excluding hydrogens is 511 g/mol. The van der Waals surface area contributed by atoms with Crippen LogP contribution in [0.5, 0.6) is 0 Å². The number of halogens is 3. The number of nitrogens with zero attached hydrogens (tertiary/aromatic N) is 3. The van der Waals surface area contributed by atoms with Gasteiger partial charge in [-0.3, -0.25) is 0 Å². The smallest absolute Gasteiger partial charge is 0.305 e. The van der Waals surface area contributed by atoms with Gasteiger partial charge >= 0.3 is 6.18 Å². The summed E-state index contributed by atoms with van der Waals surface area (Å²) in [6.45, 7) is 0. The van der Waals surface area contributed by atoms with Gasteiger partial charge < -0.3 is 4.57 Å². The number of para-hydroxylation sites is 1. The van der Waals surface area contributed by atoms with Crippen molar-refractivity contribution in [1.29, 1.82) is 5.26 Å². The van der Waals surface area contributed by atoms with Gasteiger partial charge in [-0.2, -0.15) is 18.4 Å². The van der Waals surface area contributed by atoms with Crippen LogP contribution >= 0.6 is 0 Å². The number of hydrogen-bond acceptors (Lipinski definition) is 4. The van der Waals surface area contributed by atoms with Gasteiger partial charge in [0.25, 0.3) is 0 Å². The van der Waals surface area contributed by atoms with E-state index in [0.717, 1.165) is 17.9 Å². The third-order valence-corrected chi connectivity index (χ3v) is 8.42. The first-order chi connectivity index (χ1) is 18.0. The van der Waals surface area contributed by atoms with Crippen molar-refractivity contribution in [1.82, 2.24) is 9.55 Å². The number of rotatable bonds is 5. The number of sulfone groups is 1. The second kappa shape index (κ2) is 9.44. The number of hydrogen-bond donors (Lipinski definition) is 0. The van der Waals surface area contributed by atoms with E-state index >= 15 is 0 Å². The van der Waals surface area contributed by atoms with E-state index in [4.69, 9.17) is 0 Å². The summed E-state index contributed by atoms with van der Waals surface area (Å²) in [7, 11) is -3.64. The second-order valence-electron chi connectivity index (χ2n) is 9.60. The Morgan fingerprint density at radius 3 is 2.45 bits per heavy atom. The summed E-state index contributed by atoms with van der Waals surface area (Å²) in [5, 5.41) is 10.5. The molecule has 0 radical (unpaired) electrons. The maximum atomic E-state index is 13.6. The highest BCUT2D eigenvalue weighted by Crippen LogP contribution is 2.51. The molecule has 5 nitrogen and oxygen atoms in total. The lowest BCUT2D eigenvalue weighted by Crippen LogP contribution is -2.28. The third-order valence-electron chi connectivity index (χ3n) is 7.29. The number of alkyl halides is 3. The van der Waals surface area contributed by atoms with Crippen LogP contribution in [0.15, 0.2) is 90.2 Å². The summed E-state index contributed by atoms with van der Waals surface area (Å²) in [5.74, 6) is -0.415. The molecule has 2 atom stereocenters. The highest BCUT2D eigenvalue weighted by atomic mass is 32.2. The van der Waals surface area contributed by atoms with Crippen molar-refractivity contribution in [2.45, 2.75) is 41.7 Å². The zero-order valence-corrected chi connectivity index (χ0v) is 21.3. The van der Waals surface area contributed by atoms with Crippen molar-refractivity contribution in [3.8, 4) is 22.9 Å². The van der Waals surface area contributed by atoms with Gasteiger partial charge in [0.05, 0.1) is 39.7 Å². The highest BCUT2D eigenvalue weighted by molar-refractivity contribution is 7.90. The monoisotopic (exact) mass is 535 g/mol. The summed E-state index contributed by atoms with van der Waals surface area (Å²) >= 11 is 0. The molecule has 3 aromatic carbocycles. The Morgan fingerprint density at radius 1 is 1.05 bits per heavy atom. The molecule has 0 aliphatic heterocycles. The fraction of sp³-hybridized carbons (Fsp3) is 0.241. The molecule has 1 aliphatic carbocycles. The molecule has 1 aliphatic rings. The minimum atomic E-state index is -4.53. The van der Waals surface area contributed by atoms with E-state index in [1.807, 2.05) is 30.3 Å². The van der Waals surface area contributed by atoms with Crippen LogP contribution in [-0.4, -0.2) is 24.2 Å². The van der Waals surface area contributed by atoms with Crippen LogP contribution in [-0.2, 0) is 21.4 Å². The normalized spacial score (nSPS) is 19.8. The molecule has 1 saturated carbocycles. The largest absolute Gasteiger partial charge is 0.418 e. The summed E-state index contributed by atoms with van der Waals surface area (Å²) in [5.41, 5.74) is 0.448. The quantitative estimate of drug-likeness (QED) is 0.285. The molecule has 38 heavy (non-hydrogen) atoms.